The molecule has 0 spiro atoms. The summed E-state index contributed by atoms with van der Waals surface area (Å²) >= 11 is 7.70. The normalized spacial score (nSPS) is 28.6. The van der Waals surface area contributed by atoms with E-state index in [1.165, 1.54) is 16.2 Å². The molecule has 10 heteroatoms. The molecule has 2 saturated heterocycles. The molecule has 8 nitrogen and oxygen atoms in total. The second-order valence-electron chi connectivity index (χ2n) is 9.10. The van der Waals surface area contributed by atoms with Gasteiger partial charge in [0.05, 0.1) is 28.4 Å². The van der Waals surface area contributed by atoms with Gasteiger partial charge in [0, 0.05) is 11.8 Å². The van der Waals surface area contributed by atoms with Crippen LogP contribution in [0.4, 0.5) is 4.79 Å². The molecule has 2 aromatic rings. The standard InChI is InChI=1S/C20H26ClN3O5S/c1-9-23-12-16(30-9)10(7-22-17(12)21)13-14(25)15-11(8-27-20(5,6)28-15)24(13)18(26)29-19(2,3)4/h7,11,13-15,25H,8H2,1-6H3/t11-,13+,14+,15-/m1/s1. The van der Waals surface area contributed by atoms with Gasteiger partial charge in [0.1, 0.15) is 23.3 Å². The minimum Gasteiger partial charge on any atom is -0.444 e. The van der Waals surface area contributed by atoms with Crippen molar-refractivity contribution < 1.29 is 24.1 Å². The van der Waals surface area contributed by atoms with Crippen LogP contribution in [-0.4, -0.2) is 62.3 Å². The minimum atomic E-state index is -1.00. The number of nitrogens with zero attached hydrogens (tertiary/aromatic N) is 3. The van der Waals surface area contributed by atoms with Crippen molar-refractivity contribution in [3.8, 4) is 0 Å². The first-order valence-electron chi connectivity index (χ1n) is 9.81. The number of aliphatic hydroxyl groups is 1. The number of carbonyl (C=O) groups is 1. The van der Waals surface area contributed by atoms with Crippen molar-refractivity contribution in [2.75, 3.05) is 6.61 Å². The molecule has 2 fully saturated rings. The highest BCUT2D eigenvalue weighted by molar-refractivity contribution is 7.18. The van der Waals surface area contributed by atoms with E-state index in [1.54, 1.807) is 40.8 Å². The van der Waals surface area contributed by atoms with Gasteiger partial charge in [-0.2, -0.15) is 0 Å². The lowest BCUT2D eigenvalue weighted by atomic mass is 10.0. The van der Waals surface area contributed by atoms with Gasteiger partial charge in [-0.25, -0.2) is 14.8 Å². The number of hydrogen-bond donors (Lipinski definition) is 1. The van der Waals surface area contributed by atoms with Gasteiger partial charge in [-0.3, -0.25) is 4.90 Å². The van der Waals surface area contributed by atoms with Crippen LogP contribution in [0.1, 0.15) is 51.2 Å². The second kappa shape index (κ2) is 7.27. The Kier molecular flexibility index (Phi) is 5.26. The fourth-order valence-electron chi connectivity index (χ4n) is 4.02. The predicted octanol–water partition coefficient (Wildman–Crippen LogP) is 3.83. The van der Waals surface area contributed by atoms with E-state index in [0.29, 0.717) is 11.1 Å². The van der Waals surface area contributed by atoms with Crippen molar-refractivity contribution in [3.63, 3.8) is 0 Å². The van der Waals surface area contributed by atoms with Crippen LogP contribution >= 0.6 is 22.9 Å². The minimum absolute atomic E-state index is 0.219. The van der Waals surface area contributed by atoms with E-state index < -0.39 is 41.8 Å². The Labute approximate surface area is 184 Å². The summed E-state index contributed by atoms with van der Waals surface area (Å²) in [7, 11) is 0. The summed E-state index contributed by atoms with van der Waals surface area (Å²) in [5.74, 6) is -0.870. The first-order chi connectivity index (χ1) is 13.9. The molecule has 2 aromatic heterocycles. The third-order valence-corrected chi connectivity index (χ3v) is 6.45. The van der Waals surface area contributed by atoms with Crippen LogP contribution in [-0.2, 0) is 14.2 Å². The van der Waals surface area contributed by atoms with Crippen LogP contribution in [0, 0.1) is 6.92 Å². The molecule has 164 valence electrons. The molecular formula is C20H26ClN3O5S. The maximum absolute atomic E-state index is 13.2. The lowest BCUT2D eigenvalue weighted by Crippen LogP contribution is -2.54. The zero-order valence-corrected chi connectivity index (χ0v) is 19.4. The Bertz CT molecular complexity index is 989. The number of thiazole rings is 1. The van der Waals surface area contributed by atoms with Crippen molar-refractivity contribution in [2.24, 2.45) is 0 Å². The van der Waals surface area contributed by atoms with Crippen LogP contribution in [0.5, 0.6) is 0 Å². The molecular weight excluding hydrogens is 430 g/mol. The van der Waals surface area contributed by atoms with E-state index in [0.717, 1.165) is 9.71 Å². The molecule has 0 aromatic carbocycles. The Morgan fingerprint density at radius 1 is 1.43 bits per heavy atom. The van der Waals surface area contributed by atoms with Gasteiger partial charge in [0.2, 0.25) is 0 Å². The second-order valence-corrected chi connectivity index (χ2v) is 10.7. The number of aliphatic hydroxyl groups excluding tert-OH is 1. The number of pyridine rings is 1. The SMILES string of the molecule is Cc1nc2c(Cl)ncc([C@H]3[C@H](O)[C@@H]4OC(C)(C)OC[C@H]4N3C(=O)OC(C)(C)C)c2s1. The van der Waals surface area contributed by atoms with E-state index in [4.69, 9.17) is 25.8 Å². The maximum atomic E-state index is 13.2. The van der Waals surface area contributed by atoms with E-state index in [9.17, 15) is 9.90 Å². The summed E-state index contributed by atoms with van der Waals surface area (Å²) in [6, 6.07) is -1.24. The fourth-order valence-corrected chi connectivity index (χ4v) is 5.23. The number of carbonyl (C=O) groups excluding carboxylic acids is 1. The van der Waals surface area contributed by atoms with Gasteiger partial charge in [-0.05, 0) is 41.5 Å². The third kappa shape index (κ3) is 3.78. The lowest BCUT2D eigenvalue weighted by Gasteiger charge is -2.40. The number of fused-ring (bicyclic) bond motifs is 2. The van der Waals surface area contributed by atoms with Crippen LogP contribution in [0.3, 0.4) is 0 Å². The quantitative estimate of drug-likeness (QED) is 0.653. The highest BCUT2D eigenvalue weighted by Crippen LogP contribution is 2.46. The Morgan fingerprint density at radius 2 is 2.13 bits per heavy atom. The van der Waals surface area contributed by atoms with E-state index in [-0.39, 0.29) is 11.8 Å². The first-order valence-corrected chi connectivity index (χ1v) is 11.0. The molecule has 0 unspecified atom stereocenters. The van der Waals surface area contributed by atoms with Crippen molar-refractivity contribution in [3.05, 3.63) is 21.9 Å². The maximum Gasteiger partial charge on any atom is 0.411 e. The topological polar surface area (TPSA) is 94.0 Å². The summed E-state index contributed by atoms with van der Waals surface area (Å²) in [5.41, 5.74) is 0.518. The average molecular weight is 456 g/mol. The molecule has 1 N–H and O–H groups in total. The average Bonchev–Trinajstić information content (AvgIpc) is 3.12. The number of aryl methyl sites for hydroxylation is 1. The van der Waals surface area contributed by atoms with Gasteiger partial charge in [0.25, 0.3) is 0 Å². The zero-order valence-electron chi connectivity index (χ0n) is 17.8. The van der Waals surface area contributed by atoms with Gasteiger partial charge in [0.15, 0.2) is 10.9 Å². The molecule has 2 aliphatic heterocycles. The fraction of sp³-hybridized carbons (Fsp3) is 0.650. The lowest BCUT2D eigenvalue weighted by molar-refractivity contribution is -0.291. The third-order valence-electron chi connectivity index (χ3n) is 5.15. The molecule has 1 amide bonds. The number of likely N-dealkylation sites (tertiary alicyclic amines) is 1. The summed E-state index contributed by atoms with van der Waals surface area (Å²) in [4.78, 5) is 23.5. The smallest absolute Gasteiger partial charge is 0.411 e. The zero-order chi connectivity index (χ0) is 22.0. The van der Waals surface area contributed by atoms with Gasteiger partial charge >= 0.3 is 6.09 Å². The molecule has 0 radical (unpaired) electrons. The van der Waals surface area contributed by atoms with Crippen LogP contribution in [0.25, 0.3) is 10.2 Å². The van der Waals surface area contributed by atoms with Gasteiger partial charge < -0.3 is 19.3 Å². The summed E-state index contributed by atoms with van der Waals surface area (Å²) in [6.45, 7) is 11.1. The van der Waals surface area contributed by atoms with Crippen molar-refractivity contribution in [1.82, 2.24) is 14.9 Å². The van der Waals surface area contributed by atoms with Crippen LogP contribution in [0.2, 0.25) is 5.15 Å². The molecule has 4 rings (SSSR count). The number of ether oxygens (including phenoxy) is 3. The number of rotatable bonds is 1. The molecule has 4 heterocycles. The Balaban J connectivity index is 1.83. The first kappa shape index (κ1) is 21.7. The monoisotopic (exact) mass is 455 g/mol. The van der Waals surface area contributed by atoms with Crippen LogP contribution < -0.4 is 0 Å². The van der Waals surface area contributed by atoms with Gasteiger partial charge in [-0.1, -0.05) is 11.6 Å². The molecule has 0 aliphatic carbocycles. The molecule has 2 aliphatic rings. The van der Waals surface area contributed by atoms with E-state index >= 15 is 0 Å². The molecule has 0 bridgehead atoms. The summed E-state index contributed by atoms with van der Waals surface area (Å²) < 4.78 is 18.3. The number of hydrogen-bond acceptors (Lipinski definition) is 8. The molecule has 4 atom stereocenters. The van der Waals surface area contributed by atoms with E-state index in [1.807, 2.05) is 6.92 Å². The predicted molar refractivity (Wildman–Crippen MR) is 113 cm³/mol. The van der Waals surface area contributed by atoms with E-state index in [2.05, 4.69) is 9.97 Å². The van der Waals surface area contributed by atoms with Gasteiger partial charge in [-0.15, -0.1) is 11.3 Å². The highest BCUT2D eigenvalue weighted by Gasteiger charge is 2.57. The summed E-state index contributed by atoms with van der Waals surface area (Å²) in [5, 5.41) is 12.4. The summed E-state index contributed by atoms with van der Waals surface area (Å²) in [6.07, 6.45) is -0.586. The number of aromatic nitrogens is 2. The number of halogens is 1. The number of amides is 1. The van der Waals surface area contributed by atoms with Crippen LogP contribution in [0.15, 0.2) is 6.20 Å². The molecule has 0 saturated carbocycles. The Morgan fingerprint density at radius 3 is 2.80 bits per heavy atom. The highest BCUT2D eigenvalue weighted by atomic mass is 35.5. The Hall–Kier alpha value is -1.52. The van der Waals surface area contributed by atoms with Crippen molar-refractivity contribution >= 4 is 39.2 Å². The van der Waals surface area contributed by atoms with Crippen molar-refractivity contribution in [1.29, 1.82) is 0 Å². The molecule has 30 heavy (non-hydrogen) atoms. The van der Waals surface area contributed by atoms with Crippen molar-refractivity contribution in [2.45, 2.75) is 77.2 Å². The largest absolute Gasteiger partial charge is 0.444 e.